The molecule has 1 aliphatic rings. The number of carbonyl (C=O) groups is 1. The summed E-state index contributed by atoms with van der Waals surface area (Å²) in [6.07, 6.45) is 1.71. The minimum Gasteiger partial charge on any atom is -0.451 e. The lowest BCUT2D eigenvalue weighted by Crippen LogP contribution is -2.43. The van der Waals surface area contributed by atoms with Crippen LogP contribution in [-0.4, -0.2) is 48.9 Å². The number of nitrogens with two attached hydrogens (primary N) is 1. The van der Waals surface area contributed by atoms with E-state index in [2.05, 4.69) is 4.90 Å². The summed E-state index contributed by atoms with van der Waals surface area (Å²) < 4.78 is 5.89. The van der Waals surface area contributed by atoms with E-state index in [1.54, 1.807) is 0 Å². The Kier molecular flexibility index (Phi) is 7.55. The zero-order chi connectivity index (χ0) is 15.7. The van der Waals surface area contributed by atoms with Gasteiger partial charge in [-0.05, 0) is 33.0 Å². The van der Waals surface area contributed by atoms with Crippen LogP contribution in [0, 0.1) is 0 Å². The minimum absolute atomic E-state index is 0. The number of carbonyl (C=O) groups excluding carboxylic acids is 1. The van der Waals surface area contributed by atoms with Gasteiger partial charge in [0.1, 0.15) is 5.58 Å². The molecule has 1 saturated heterocycles. The lowest BCUT2D eigenvalue weighted by atomic mass is 10.0. The van der Waals surface area contributed by atoms with Gasteiger partial charge in [0.15, 0.2) is 5.76 Å². The number of piperidine rings is 1. The molecule has 0 radical (unpaired) electrons. The van der Waals surface area contributed by atoms with Gasteiger partial charge in [0.05, 0.1) is 0 Å². The summed E-state index contributed by atoms with van der Waals surface area (Å²) in [5, 5.41) is 1.02. The molecule has 1 aliphatic heterocycles. The van der Waals surface area contributed by atoms with E-state index in [1.807, 2.05) is 43.3 Å². The van der Waals surface area contributed by atoms with Crippen molar-refractivity contribution in [3.8, 4) is 0 Å². The van der Waals surface area contributed by atoms with Crippen molar-refractivity contribution < 1.29 is 9.21 Å². The van der Waals surface area contributed by atoms with Crippen molar-refractivity contribution in [3.63, 3.8) is 0 Å². The van der Waals surface area contributed by atoms with Crippen LogP contribution in [0.1, 0.15) is 29.0 Å². The molecule has 0 bridgehead atoms. The summed E-state index contributed by atoms with van der Waals surface area (Å²) in [4.78, 5) is 16.8. The smallest absolute Gasteiger partial charge is 0.289 e. The predicted molar refractivity (Wildman–Crippen MR) is 101 cm³/mol. The van der Waals surface area contributed by atoms with Crippen molar-refractivity contribution in [1.29, 1.82) is 0 Å². The van der Waals surface area contributed by atoms with Gasteiger partial charge in [0.25, 0.3) is 5.91 Å². The van der Waals surface area contributed by atoms with E-state index < -0.39 is 0 Å². The minimum atomic E-state index is -0.0139. The average molecular weight is 374 g/mol. The molecule has 2 aromatic rings. The first-order valence-corrected chi connectivity index (χ1v) is 7.76. The number of hydrogen-bond donors (Lipinski definition) is 1. The largest absolute Gasteiger partial charge is 0.451 e. The fourth-order valence-electron chi connectivity index (χ4n) is 2.99. The van der Waals surface area contributed by atoms with Crippen LogP contribution in [0.3, 0.4) is 0 Å². The fraction of sp³-hybridized carbons (Fsp3) is 0.471. The first kappa shape index (κ1) is 20.8. The Hall–Kier alpha value is -1.27. The molecule has 0 saturated carbocycles. The van der Waals surface area contributed by atoms with Gasteiger partial charge in [-0.15, -0.1) is 24.8 Å². The van der Waals surface area contributed by atoms with E-state index in [0.29, 0.717) is 25.4 Å². The van der Waals surface area contributed by atoms with Crippen LogP contribution >= 0.6 is 24.8 Å². The van der Waals surface area contributed by atoms with Gasteiger partial charge in [0.2, 0.25) is 0 Å². The molecule has 7 heteroatoms. The third-order valence-corrected chi connectivity index (χ3v) is 4.19. The van der Waals surface area contributed by atoms with Crippen molar-refractivity contribution in [2.45, 2.75) is 25.4 Å². The summed E-state index contributed by atoms with van der Waals surface area (Å²) in [6, 6.07) is 8.05. The Bertz CT molecular complexity index is 680. The molecule has 1 amide bonds. The SMILES string of the molecule is CN(C)Cc1c(C(=O)N2CCC(N)CC2)oc2ccccc12.Cl.Cl. The van der Waals surface area contributed by atoms with Gasteiger partial charge in [-0.1, -0.05) is 18.2 Å². The number of halogens is 2. The number of rotatable bonds is 3. The molecule has 0 aliphatic carbocycles. The molecule has 0 spiro atoms. The molecule has 0 atom stereocenters. The average Bonchev–Trinajstić information content (AvgIpc) is 2.86. The highest BCUT2D eigenvalue weighted by molar-refractivity contribution is 5.99. The van der Waals surface area contributed by atoms with Crippen LogP contribution in [0.4, 0.5) is 0 Å². The van der Waals surface area contributed by atoms with E-state index >= 15 is 0 Å². The second-order valence-corrected chi connectivity index (χ2v) is 6.27. The molecule has 134 valence electrons. The molecule has 5 nitrogen and oxygen atoms in total. The number of hydrogen-bond acceptors (Lipinski definition) is 4. The third-order valence-electron chi connectivity index (χ3n) is 4.19. The Morgan fingerprint density at radius 3 is 2.50 bits per heavy atom. The number of nitrogens with zero attached hydrogens (tertiary/aromatic N) is 2. The topological polar surface area (TPSA) is 62.7 Å². The quantitative estimate of drug-likeness (QED) is 0.898. The van der Waals surface area contributed by atoms with Crippen LogP contribution < -0.4 is 5.73 Å². The van der Waals surface area contributed by atoms with Gasteiger partial charge in [0, 0.05) is 36.6 Å². The van der Waals surface area contributed by atoms with Crippen LogP contribution in [-0.2, 0) is 6.54 Å². The lowest BCUT2D eigenvalue weighted by Gasteiger charge is -2.29. The molecular weight excluding hydrogens is 349 g/mol. The first-order chi connectivity index (χ1) is 10.6. The third kappa shape index (κ3) is 4.22. The second kappa shape index (κ2) is 8.72. The summed E-state index contributed by atoms with van der Waals surface area (Å²) >= 11 is 0. The van der Waals surface area contributed by atoms with Gasteiger partial charge in [-0.2, -0.15) is 0 Å². The van der Waals surface area contributed by atoms with Crippen molar-refractivity contribution >= 4 is 41.7 Å². The highest BCUT2D eigenvalue weighted by atomic mass is 35.5. The zero-order valence-corrected chi connectivity index (χ0v) is 15.7. The Morgan fingerprint density at radius 2 is 1.88 bits per heavy atom. The number of para-hydroxylation sites is 1. The van der Waals surface area contributed by atoms with Crippen molar-refractivity contribution in [2.75, 3.05) is 27.2 Å². The van der Waals surface area contributed by atoms with E-state index in [0.717, 1.165) is 29.4 Å². The van der Waals surface area contributed by atoms with Gasteiger partial charge >= 0.3 is 0 Å². The summed E-state index contributed by atoms with van der Waals surface area (Å²) in [5.41, 5.74) is 7.67. The zero-order valence-electron chi connectivity index (χ0n) is 14.0. The van der Waals surface area contributed by atoms with Crippen molar-refractivity contribution in [1.82, 2.24) is 9.80 Å². The van der Waals surface area contributed by atoms with Gasteiger partial charge < -0.3 is 20.0 Å². The predicted octanol–water partition coefficient (Wildman–Crippen LogP) is 2.90. The Morgan fingerprint density at radius 1 is 1.25 bits per heavy atom. The summed E-state index contributed by atoms with van der Waals surface area (Å²) in [7, 11) is 3.99. The molecule has 1 aromatic carbocycles. The highest BCUT2D eigenvalue weighted by Crippen LogP contribution is 2.28. The van der Waals surface area contributed by atoms with Gasteiger partial charge in [-0.25, -0.2) is 0 Å². The Labute approximate surface area is 155 Å². The van der Waals surface area contributed by atoms with Crippen molar-refractivity contribution in [3.05, 3.63) is 35.6 Å². The van der Waals surface area contributed by atoms with Crippen LogP contribution in [0.15, 0.2) is 28.7 Å². The molecule has 2 heterocycles. The lowest BCUT2D eigenvalue weighted by molar-refractivity contribution is 0.0682. The van der Waals surface area contributed by atoms with Crippen LogP contribution in [0.2, 0.25) is 0 Å². The standard InChI is InChI=1S/C17H23N3O2.2ClH/c1-19(2)11-14-13-5-3-4-6-15(13)22-16(14)17(21)20-9-7-12(18)8-10-20;;/h3-6,12H,7-11,18H2,1-2H3;2*1H. The Balaban J connectivity index is 0.00000144. The summed E-state index contributed by atoms with van der Waals surface area (Å²) in [5.74, 6) is 0.463. The van der Waals surface area contributed by atoms with Crippen LogP contribution in [0.5, 0.6) is 0 Å². The van der Waals surface area contributed by atoms with E-state index in [-0.39, 0.29) is 36.8 Å². The maximum atomic E-state index is 12.9. The maximum Gasteiger partial charge on any atom is 0.289 e. The molecule has 2 N–H and O–H groups in total. The number of benzene rings is 1. The number of likely N-dealkylation sites (tertiary alicyclic amines) is 1. The normalized spacial score (nSPS) is 15.2. The molecular formula is C17H25Cl2N3O2. The van der Waals surface area contributed by atoms with E-state index in [1.165, 1.54) is 0 Å². The molecule has 1 aromatic heterocycles. The molecule has 24 heavy (non-hydrogen) atoms. The van der Waals surface area contributed by atoms with E-state index in [9.17, 15) is 4.79 Å². The maximum absolute atomic E-state index is 12.9. The second-order valence-electron chi connectivity index (χ2n) is 6.27. The van der Waals surface area contributed by atoms with E-state index in [4.69, 9.17) is 10.2 Å². The monoisotopic (exact) mass is 373 g/mol. The molecule has 1 fully saturated rings. The molecule has 3 rings (SSSR count). The number of furan rings is 1. The summed E-state index contributed by atoms with van der Waals surface area (Å²) in [6.45, 7) is 2.10. The highest BCUT2D eigenvalue weighted by Gasteiger charge is 2.27. The van der Waals surface area contributed by atoms with Crippen molar-refractivity contribution in [2.24, 2.45) is 5.73 Å². The van der Waals surface area contributed by atoms with Gasteiger partial charge in [-0.3, -0.25) is 4.79 Å². The number of fused-ring (bicyclic) bond motifs is 1. The van der Waals surface area contributed by atoms with Crippen LogP contribution in [0.25, 0.3) is 11.0 Å². The fourth-order valence-corrected chi connectivity index (χ4v) is 2.99. The number of amides is 1. The first-order valence-electron chi connectivity index (χ1n) is 7.76. The molecule has 0 unspecified atom stereocenters.